The third-order valence-corrected chi connectivity index (χ3v) is 3.52. The number of ether oxygens (including phenoxy) is 1. The summed E-state index contributed by atoms with van der Waals surface area (Å²) in [6.45, 7) is 2.91. The molecule has 104 valence electrons. The lowest BCUT2D eigenvalue weighted by atomic mass is 10.0. The number of nitrogens with one attached hydrogen (secondary N) is 2. The smallest absolute Gasteiger partial charge is 0.227 e. The van der Waals surface area contributed by atoms with Crippen LogP contribution in [0.5, 0.6) is 5.75 Å². The van der Waals surface area contributed by atoms with Crippen LogP contribution in [0, 0.1) is 5.92 Å². The minimum atomic E-state index is -0.162. The van der Waals surface area contributed by atoms with Crippen LogP contribution >= 0.6 is 0 Å². The second kappa shape index (κ2) is 6.04. The van der Waals surface area contributed by atoms with Gasteiger partial charge in [-0.3, -0.25) is 4.79 Å². The number of carbonyl (C=O) groups is 1. The highest BCUT2D eigenvalue weighted by Crippen LogP contribution is 2.20. The highest BCUT2D eigenvalue weighted by Gasteiger charge is 2.33. The third-order valence-electron chi connectivity index (χ3n) is 3.52. The molecule has 1 amide bonds. The highest BCUT2D eigenvalue weighted by atomic mass is 16.5. The molecule has 0 spiro atoms. The first-order valence-electron chi connectivity index (χ1n) is 6.46. The Kier molecular flexibility index (Phi) is 4.39. The Balaban J connectivity index is 1.98. The maximum Gasteiger partial charge on any atom is 0.227 e. The Morgan fingerprint density at radius 2 is 2.26 bits per heavy atom. The molecule has 19 heavy (non-hydrogen) atoms. The first kappa shape index (κ1) is 13.8. The van der Waals surface area contributed by atoms with Crippen LogP contribution in [0.2, 0.25) is 0 Å². The zero-order valence-electron chi connectivity index (χ0n) is 11.2. The maximum absolute atomic E-state index is 12.2. The normalized spacial score (nSPS) is 24.1. The van der Waals surface area contributed by atoms with Gasteiger partial charge in [-0.2, -0.15) is 0 Å². The lowest BCUT2D eigenvalue weighted by Gasteiger charge is -2.20. The molecule has 3 unspecified atom stereocenters. The summed E-state index contributed by atoms with van der Waals surface area (Å²) in [5.74, 6) is 0.0216. The topological polar surface area (TPSA) is 70.6 Å². The molecule has 1 aromatic carbocycles. The Morgan fingerprint density at radius 1 is 1.47 bits per heavy atom. The van der Waals surface area contributed by atoms with Crippen LogP contribution in [-0.4, -0.2) is 37.3 Å². The lowest BCUT2D eigenvalue weighted by molar-refractivity contribution is -0.126. The molecule has 0 aromatic heterocycles. The Labute approximate surface area is 113 Å². The number of rotatable bonds is 4. The van der Waals surface area contributed by atoms with Gasteiger partial charge in [0.25, 0.3) is 0 Å². The number of carbonyl (C=O) groups excluding carboxylic acids is 1. The minimum Gasteiger partial charge on any atom is -0.508 e. The maximum atomic E-state index is 12.2. The minimum absolute atomic E-state index is 0.0207. The van der Waals surface area contributed by atoms with Crippen LogP contribution in [-0.2, 0) is 9.53 Å². The van der Waals surface area contributed by atoms with Crippen molar-refractivity contribution in [2.45, 2.75) is 19.0 Å². The fourth-order valence-corrected chi connectivity index (χ4v) is 2.30. The van der Waals surface area contributed by atoms with E-state index in [0.717, 1.165) is 5.56 Å². The van der Waals surface area contributed by atoms with Gasteiger partial charge in [0.05, 0.1) is 25.2 Å². The van der Waals surface area contributed by atoms with Gasteiger partial charge in [0, 0.05) is 6.04 Å². The molecule has 0 aliphatic carbocycles. The average Bonchev–Trinajstić information content (AvgIpc) is 2.87. The van der Waals surface area contributed by atoms with Gasteiger partial charge in [0.15, 0.2) is 0 Å². The summed E-state index contributed by atoms with van der Waals surface area (Å²) in [5.41, 5.74) is 0.883. The monoisotopic (exact) mass is 264 g/mol. The molecule has 3 atom stereocenters. The summed E-state index contributed by atoms with van der Waals surface area (Å²) >= 11 is 0. The number of hydrogen-bond donors (Lipinski definition) is 3. The van der Waals surface area contributed by atoms with Crippen molar-refractivity contribution in [2.75, 3.05) is 20.3 Å². The molecule has 5 nitrogen and oxygen atoms in total. The van der Waals surface area contributed by atoms with Crippen molar-refractivity contribution in [3.05, 3.63) is 29.8 Å². The summed E-state index contributed by atoms with van der Waals surface area (Å²) in [7, 11) is 1.83. The molecule has 1 saturated heterocycles. The molecule has 1 heterocycles. The molecule has 5 heteroatoms. The van der Waals surface area contributed by atoms with E-state index in [9.17, 15) is 9.90 Å². The van der Waals surface area contributed by atoms with E-state index >= 15 is 0 Å². The van der Waals surface area contributed by atoms with Gasteiger partial charge in [-0.25, -0.2) is 0 Å². The summed E-state index contributed by atoms with van der Waals surface area (Å²) in [6.07, 6.45) is 0. The van der Waals surface area contributed by atoms with E-state index in [-0.39, 0.29) is 29.7 Å². The average molecular weight is 264 g/mol. The second-order valence-electron chi connectivity index (χ2n) is 4.86. The van der Waals surface area contributed by atoms with Gasteiger partial charge in [-0.1, -0.05) is 12.1 Å². The van der Waals surface area contributed by atoms with E-state index in [0.29, 0.717) is 13.2 Å². The summed E-state index contributed by atoms with van der Waals surface area (Å²) in [5, 5.41) is 15.5. The Bertz CT molecular complexity index is 450. The zero-order chi connectivity index (χ0) is 13.8. The fourth-order valence-electron chi connectivity index (χ4n) is 2.30. The van der Waals surface area contributed by atoms with E-state index in [2.05, 4.69) is 10.6 Å². The van der Waals surface area contributed by atoms with Crippen LogP contribution in [0.15, 0.2) is 24.3 Å². The van der Waals surface area contributed by atoms with E-state index in [1.807, 2.05) is 20.0 Å². The quantitative estimate of drug-likeness (QED) is 0.752. The van der Waals surface area contributed by atoms with E-state index in [1.54, 1.807) is 18.2 Å². The van der Waals surface area contributed by atoms with E-state index < -0.39 is 0 Å². The van der Waals surface area contributed by atoms with E-state index in [4.69, 9.17) is 4.74 Å². The number of likely N-dealkylation sites (N-methyl/N-ethyl adjacent to an activating group) is 1. The number of hydrogen-bond acceptors (Lipinski definition) is 4. The molecule has 0 bridgehead atoms. The number of aromatic hydroxyl groups is 1. The van der Waals surface area contributed by atoms with Crippen molar-refractivity contribution in [1.82, 2.24) is 10.6 Å². The predicted molar refractivity (Wildman–Crippen MR) is 71.8 cm³/mol. The fraction of sp³-hybridized carbons (Fsp3) is 0.500. The van der Waals surface area contributed by atoms with Crippen molar-refractivity contribution < 1.29 is 14.6 Å². The summed E-state index contributed by atoms with van der Waals surface area (Å²) < 4.78 is 5.32. The van der Waals surface area contributed by atoms with Crippen LogP contribution in [0.4, 0.5) is 0 Å². The Morgan fingerprint density at radius 3 is 2.95 bits per heavy atom. The standard InChI is InChI=1S/C14H20N2O3/c1-9(10-4-3-5-11(17)6-10)16-14(18)12-7-19-8-13(12)15-2/h3-6,9,12-13,15,17H,7-8H2,1-2H3,(H,16,18). The van der Waals surface area contributed by atoms with Crippen LogP contribution in [0.3, 0.4) is 0 Å². The molecule has 1 aromatic rings. The number of phenols is 1. The van der Waals surface area contributed by atoms with Gasteiger partial charge in [-0.15, -0.1) is 0 Å². The van der Waals surface area contributed by atoms with Crippen molar-refractivity contribution in [1.29, 1.82) is 0 Å². The third kappa shape index (κ3) is 3.24. The van der Waals surface area contributed by atoms with Crippen LogP contribution in [0.25, 0.3) is 0 Å². The van der Waals surface area contributed by atoms with Crippen molar-refractivity contribution in [3.8, 4) is 5.75 Å². The van der Waals surface area contributed by atoms with Gasteiger partial charge in [-0.05, 0) is 31.7 Å². The summed E-state index contributed by atoms with van der Waals surface area (Å²) in [6, 6.07) is 6.84. The summed E-state index contributed by atoms with van der Waals surface area (Å²) in [4.78, 5) is 12.2. The van der Waals surface area contributed by atoms with Gasteiger partial charge >= 0.3 is 0 Å². The van der Waals surface area contributed by atoms with Gasteiger partial charge < -0.3 is 20.5 Å². The second-order valence-corrected chi connectivity index (χ2v) is 4.86. The molecular weight excluding hydrogens is 244 g/mol. The van der Waals surface area contributed by atoms with Gasteiger partial charge in [0.1, 0.15) is 5.75 Å². The van der Waals surface area contributed by atoms with Crippen LogP contribution < -0.4 is 10.6 Å². The first-order chi connectivity index (χ1) is 9.11. The largest absolute Gasteiger partial charge is 0.508 e. The van der Waals surface area contributed by atoms with Gasteiger partial charge in [0.2, 0.25) is 5.91 Å². The predicted octanol–water partition coefficient (Wildman–Crippen LogP) is 0.804. The highest BCUT2D eigenvalue weighted by molar-refractivity contribution is 5.80. The number of phenolic OH excluding ortho intramolecular Hbond substituents is 1. The number of benzene rings is 1. The molecule has 1 aliphatic heterocycles. The molecule has 0 saturated carbocycles. The van der Waals surface area contributed by atoms with Crippen molar-refractivity contribution in [2.24, 2.45) is 5.92 Å². The molecule has 2 rings (SSSR count). The Hall–Kier alpha value is -1.59. The number of amides is 1. The lowest BCUT2D eigenvalue weighted by Crippen LogP contribution is -2.43. The van der Waals surface area contributed by atoms with E-state index in [1.165, 1.54) is 0 Å². The first-order valence-corrected chi connectivity index (χ1v) is 6.46. The molecule has 1 fully saturated rings. The SMILES string of the molecule is CNC1COCC1C(=O)NC(C)c1cccc(O)c1. The molecular formula is C14H20N2O3. The zero-order valence-corrected chi connectivity index (χ0v) is 11.2. The van der Waals surface area contributed by atoms with Crippen molar-refractivity contribution in [3.63, 3.8) is 0 Å². The van der Waals surface area contributed by atoms with Crippen molar-refractivity contribution >= 4 is 5.91 Å². The molecule has 0 radical (unpaired) electrons. The molecule has 3 N–H and O–H groups in total. The molecule has 1 aliphatic rings. The van der Waals surface area contributed by atoms with Crippen LogP contribution in [0.1, 0.15) is 18.5 Å².